The van der Waals surface area contributed by atoms with Crippen molar-refractivity contribution in [2.75, 3.05) is 0 Å². The first-order valence-electron chi connectivity index (χ1n) is 3.68. The van der Waals surface area contributed by atoms with Crippen LogP contribution in [0.25, 0.3) is 0 Å². The maximum Gasteiger partial charge on any atom is 0.137 e. The minimum absolute atomic E-state index is 0.311. The van der Waals surface area contributed by atoms with Gasteiger partial charge in [-0.1, -0.05) is 33.1 Å². The van der Waals surface area contributed by atoms with E-state index in [0.29, 0.717) is 11.5 Å². The van der Waals surface area contributed by atoms with E-state index in [1.165, 1.54) is 11.6 Å². The number of hydrogen-bond acceptors (Lipinski definition) is 0. The lowest BCUT2D eigenvalue weighted by atomic mass is 10.1. The zero-order valence-electron chi connectivity index (χ0n) is 6.70. The first kappa shape index (κ1) is 10.0. The Morgan fingerprint density at radius 3 is 2.75 bits per heavy atom. The molecule has 0 aromatic heterocycles. The third-order valence-electron chi connectivity index (χ3n) is 1.76. The van der Waals surface area contributed by atoms with Gasteiger partial charge < -0.3 is 0 Å². The molecule has 0 spiro atoms. The molecular formula is C9H9BrClF. The van der Waals surface area contributed by atoms with Gasteiger partial charge in [0.25, 0.3) is 0 Å². The highest BCUT2D eigenvalue weighted by Gasteiger charge is 2.06. The molecule has 0 unspecified atom stereocenters. The van der Waals surface area contributed by atoms with Crippen LogP contribution in [0.3, 0.4) is 0 Å². The quantitative estimate of drug-likeness (QED) is 0.598. The Bertz CT molecular complexity index is 248. The first-order valence-corrected chi connectivity index (χ1v) is 4.86. The topological polar surface area (TPSA) is 0 Å². The van der Waals surface area contributed by atoms with Crippen molar-refractivity contribution in [3.8, 4) is 0 Å². The van der Waals surface area contributed by atoms with Gasteiger partial charge in [-0.2, -0.15) is 0 Å². The van der Waals surface area contributed by atoms with Gasteiger partial charge in [-0.05, 0) is 31.9 Å². The van der Waals surface area contributed by atoms with Crippen LogP contribution in [0, 0.1) is 0 Å². The van der Waals surface area contributed by atoms with Crippen LogP contribution >= 0.6 is 27.5 Å². The largest absolute Gasteiger partial charge is 0.206 e. The molecule has 0 heterocycles. The van der Waals surface area contributed by atoms with Crippen LogP contribution < -0.4 is 0 Å². The molecule has 0 nitrogen and oxygen atoms in total. The molecule has 0 saturated carbocycles. The molecule has 0 amide bonds. The summed E-state index contributed by atoms with van der Waals surface area (Å²) in [6.07, 6.45) is 4.46. The van der Waals surface area contributed by atoms with Crippen molar-refractivity contribution in [3.63, 3.8) is 0 Å². The fraction of sp³-hybridized carbons (Fsp3) is 0.333. The number of hydrogen-bond donors (Lipinski definition) is 0. The Kier molecular flexibility index (Phi) is 3.53. The van der Waals surface area contributed by atoms with Crippen LogP contribution in [0.15, 0.2) is 33.1 Å². The Labute approximate surface area is 84.9 Å². The Morgan fingerprint density at radius 1 is 1.42 bits per heavy atom. The van der Waals surface area contributed by atoms with E-state index in [1.54, 1.807) is 6.08 Å². The zero-order chi connectivity index (χ0) is 9.14. The summed E-state index contributed by atoms with van der Waals surface area (Å²) in [6.45, 7) is 2.00. The first-order chi connectivity index (χ1) is 5.61. The summed E-state index contributed by atoms with van der Waals surface area (Å²) < 4.78 is 13.9. The molecule has 66 valence electrons. The van der Waals surface area contributed by atoms with E-state index in [0.717, 1.165) is 10.9 Å². The normalized spacial score (nSPS) is 34.3. The maximum absolute atomic E-state index is 12.9. The molecule has 1 rings (SSSR count). The van der Waals surface area contributed by atoms with E-state index in [1.807, 2.05) is 6.92 Å². The van der Waals surface area contributed by atoms with Crippen LogP contribution in [0.2, 0.25) is 0 Å². The summed E-state index contributed by atoms with van der Waals surface area (Å²) >= 11 is 9.02. The minimum atomic E-state index is -0.332. The molecule has 0 N–H and O–H groups in total. The number of halogens is 3. The van der Waals surface area contributed by atoms with Gasteiger partial charge >= 0.3 is 0 Å². The summed E-state index contributed by atoms with van der Waals surface area (Å²) in [5.41, 5.74) is 1.19. The second kappa shape index (κ2) is 4.24. The van der Waals surface area contributed by atoms with E-state index in [4.69, 9.17) is 11.6 Å². The average molecular weight is 252 g/mol. The van der Waals surface area contributed by atoms with E-state index in [-0.39, 0.29) is 5.83 Å². The third kappa shape index (κ3) is 2.46. The summed E-state index contributed by atoms with van der Waals surface area (Å²) in [4.78, 5) is 0. The lowest BCUT2D eigenvalue weighted by Crippen LogP contribution is -1.86. The monoisotopic (exact) mass is 250 g/mol. The molecule has 0 radical (unpaired) electrons. The van der Waals surface area contributed by atoms with Crippen LogP contribution in [0.4, 0.5) is 4.39 Å². The van der Waals surface area contributed by atoms with Gasteiger partial charge in [0.15, 0.2) is 0 Å². The standard InChI is InChI=1S/C9H9BrClF/c1-6-2-4-8(11)9(12)5-3-7(6)10/h3,5H,2,4H2,1H3/b5-3-,7-6-,9-8-. The molecule has 3 heteroatoms. The molecule has 1 aliphatic carbocycles. The van der Waals surface area contributed by atoms with Gasteiger partial charge in [-0.25, -0.2) is 4.39 Å². The van der Waals surface area contributed by atoms with E-state index in [2.05, 4.69) is 15.9 Å². The van der Waals surface area contributed by atoms with Crippen molar-refractivity contribution >= 4 is 27.5 Å². The molecule has 0 aromatic rings. The molecule has 0 bridgehead atoms. The second-order valence-corrected chi connectivity index (χ2v) is 4.03. The van der Waals surface area contributed by atoms with Crippen LogP contribution in [-0.4, -0.2) is 0 Å². The molecule has 1 aliphatic rings. The van der Waals surface area contributed by atoms with Crippen molar-refractivity contribution in [2.45, 2.75) is 19.8 Å². The van der Waals surface area contributed by atoms with Crippen molar-refractivity contribution in [2.24, 2.45) is 0 Å². The summed E-state index contributed by atoms with van der Waals surface area (Å²) in [6, 6.07) is 0. The summed E-state index contributed by atoms with van der Waals surface area (Å²) in [7, 11) is 0. The molecule has 0 aliphatic heterocycles. The summed E-state index contributed by atoms with van der Waals surface area (Å²) in [5.74, 6) is -0.332. The minimum Gasteiger partial charge on any atom is -0.206 e. The second-order valence-electron chi connectivity index (χ2n) is 2.71. The predicted molar refractivity (Wildman–Crippen MR) is 54.0 cm³/mol. The summed E-state index contributed by atoms with van der Waals surface area (Å²) in [5, 5.41) is 0.311. The molecule has 0 aromatic carbocycles. The van der Waals surface area contributed by atoms with Gasteiger partial charge in [0.2, 0.25) is 0 Å². The van der Waals surface area contributed by atoms with Gasteiger partial charge in [-0.3, -0.25) is 0 Å². The molecule has 12 heavy (non-hydrogen) atoms. The Hall–Kier alpha value is -0.0800. The van der Waals surface area contributed by atoms with Crippen LogP contribution in [0.5, 0.6) is 0 Å². The third-order valence-corrected chi connectivity index (χ3v) is 3.07. The molecule has 0 fully saturated rings. The lowest BCUT2D eigenvalue weighted by molar-refractivity contribution is 0.653. The maximum atomic E-state index is 12.9. The fourth-order valence-electron chi connectivity index (χ4n) is 0.915. The van der Waals surface area contributed by atoms with E-state index in [9.17, 15) is 4.39 Å². The van der Waals surface area contributed by atoms with Crippen molar-refractivity contribution in [1.82, 2.24) is 0 Å². The SMILES string of the molecule is C\C1=C(Br)/C=C\C(F)=C(\Cl)CC1. The Morgan fingerprint density at radius 2 is 2.08 bits per heavy atom. The number of rotatable bonds is 0. The molecule has 0 saturated heterocycles. The van der Waals surface area contributed by atoms with E-state index >= 15 is 0 Å². The van der Waals surface area contributed by atoms with Gasteiger partial charge in [0, 0.05) is 4.48 Å². The predicted octanol–water partition coefficient (Wildman–Crippen LogP) is 4.43. The highest BCUT2D eigenvalue weighted by molar-refractivity contribution is 9.11. The van der Waals surface area contributed by atoms with Gasteiger partial charge in [0.05, 0.1) is 5.03 Å². The van der Waals surface area contributed by atoms with Crippen LogP contribution in [-0.2, 0) is 0 Å². The van der Waals surface area contributed by atoms with Crippen molar-refractivity contribution in [3.05, 3.63) is 33.1 Å². The zero-order valence-corrected chi connectivity index (χ0v) is 9.04. The molecule has 0 atom stereocenters. The average Bonchev–Trinajstić information content (AvgIpc) is 2.07. The highest BCUT2D eigenvalue weighted by atomic mass is 79.9. The van der Waals surface area contributed by atoms with Gasteiger partial charge in [-0.15, -0.1) is 0 Å². The van der Waals surface area contributed by atoms with Crippen molar-refractivity contribution in [1.29, 1.82) is 0 Å². The van der Waals surface area contributed by atoms with Crippen LogP contribution in [0.1, 0.15) is 19.8 Å². The van der Waals surface area contributed by atoms with Gasteiger partial charge in [0.1, 0.15) is 5.83 Å². The van der Waals surface area contributed by atoms with Crippen molar-refractivity contribution < 1.29 is 4.39 Å². The van der Waals surface area contributed by atoms with E-state index < -0.39 is 0 Å². The molecular weight excluding hydrogens is 242 g/mol. The fourth-order valence-corrected chi connectivity index (χ4v) is 1.40. The Balaban J connectivity index is 2.95. The lowest BCUT2D eigenvalue weighted by Gasteiger charge is -2.06. The highest BCUT2D eigenvalue weighted by Crippen LogP contribution is 2.27. The smallest absolute Gasteiger partial charge is 0.137 e. The number of allylic oxidation sites excluding steroid dienone is 6.